The number of carbonyl (C=O) groups excluding carboxylic acids is 1. The van der Waals surface area contributed by atoms with Gasteiger partial charge in [0.15, 0.2) is 5.78 Å². The Morgan fingerprint density at radius 2 is 1.86 bits per heavy atom. The molecule has 0 aliphatic heterocycles. The molecule has 0 fully saturated rings. The molecule has 108 valence electrons. The van der Waals surface area contributed by atoms with Gasteiger partial charge in [0.25, 0.3) is 0 Å². The van der Waals surface area contributed by atoms with Crippen molar-refractivity contribution in [2.24, 2.45) is 0 Å². The summed E-state index contributed by atoms with van der Waals surface area (Å²) >= 11 is 1.52. The number of allylic oxidation sites excluding steroid dienone is 1. The summed E-state index contributed by atoms with van der Waals surface area (Å²) in [6, 6.07) is 17.1. The molecule has 0 saturated heterocycles. The van der Waals surface area contributed by atoms with Crippen molar-refractivity contribution in [2.45, 2.75) is 16.6 Å². The summed E-state index contributed by atoms with van der Waals surface area (Å²) in [6.07, 6.45) is 2.41. The van der Waals surface area contributed by atoms with Gasteiger partial charge in [-0.3, -0.25) is 4.79 Å². The minimum Gasteiger partial charge on any atom is -0.496 e. The number of ketones is 1. The molecule has 2 nitrogen and oxygen atoms in total. The third-order valence-corrected chi connectivity index (χ3v) is 4.35. The van der Waals surface area contributed by atoms with E-state index >= 15 is 0 Å². The molecule has 2 rings (SSSR count). The summed E-state index contributed by atoms with van der Waals surface area (Å²) in [6.45, 7) is 3.76. The number of rotatable bonds is 7. The van der Waals surface area contributed by atoms with E-state index in [1.165, 1.54) is 11.8 Å². The summed E-state index contributed by atoms with van der Waals surface area (Å²) in [4.78, 5) is 13.6. The summed E-state index contributed by atoms with van der Waals surface area (Å²) in [7, 11) is 1.64. The van der Waals surface area contributed by atoms with E-state index in [1.807, 2.05) is 54.6 Å². The smallest absolute Gasteiger partial charge is 0.176 e. The van der Waals surface area contributed by atoms with Gasteiger partial charge in [-0.25, -0.2) is 0 Å². The highest BCUT2D eigenvalue weighted by atomic mass is 32.2. The van der Waals surface area contributed by atoms with E-state index in [2.05, 4.69) is 6.58 Å². The van der Waals surface area contributed by atoms with Crippen LogP contribution in [0.15, 0.2) is 72.1 Å². The molecule has 21 heavy (non-hydrogen) atoms. The Balaban J connectivity index is 2.23. The minimum absolute atomic E-state index is 0.117. The maximum atomic E-state index is 12.6. The lowest BCUT2D eigenvalue weighted by Gasteiger charge is -2.15. The first-order valence-corrected chi connectivity index (χ1v) is 7.64. The number of methoxy groups -OCH3 is 1. The molecule has 1 unspecified atom stereocenters. The number of benzene rings is 2. The molecule has 1 atom stereocenters. The van der Waals surface area contributed by atoms with Gasteiger partial charge in [-0.2, -0.15) is 0 Å². The summed E-state index contributed by atoms with van der Waals surface area (Å²) in [5.41, 5.74) is 0.728. The maximum absolute atomic E-state index is 12.6. The molecule has 3 heteroatoms. The van der Waals surface area contributed by atoms with Gasteiger partial charge in [-0.15, -0.1) is 18.3 Å². The van der Waals surface area contributed by atoms with Gasteiger partial charge in [0, 0.05) is 5.56 Å². The normalized spacial score (nSPS) is 11.7. The molecule has 0 amide bonds. The molecular weight excluding hydrogens is 280 g/mol. The number of carbonyl (C=O) groups is 1. The fraction of sp³-hybridized carbons (Fsp3) is 0.167. The number of thioether (sulfide) groups is 1. The average Bonchev–Trinajstić information content (AvgIpc) is 2.55. The second-order valence-corrected chi connectivity index (χ2v) is 5.76. The van der Waals surface area contributed by atoms with Gasteiger partial charge in [0.2, 0.25) is 0 Å². The molecular formula is C18H18O2S. The van der Waals surface area contributed by atoms with Crippen molar-refractivity contribution in [3.63, 3.8) is 0 Å². The van der Waals surface area contributed by atoms with Crippen LogP contribution in [0.1, 0.15) is 16.8 Å². The molecule has 0 N–H and O–H groups in total. The van der Waals surface area contributed by atoms with Crippen molar-refractivity contribution in [2.75, 3.05) is 7.11 Å². The van der Waals surface area contributed by atoms with Crippen LogP contribution >= 0.6 is 11.8 Å². The highest BCUT2D eigenvalue weighted by Crippen LogP contribution is 2.34. The summed E-state index contributed by atoms with van der Waals surface area (Å²) < 4.78 is 5.35. The van der Waals surface area contributed by atoms with Gasteiger partial charge in [0.1, 0.15) is 5.75 Å². The van der Waals surface area contributed by atoms with Crippen LogP contribution in [0, 0.1) is 0 Å². The SMILES string of the molecule is C=CCC(Sc1ccccc1OC)C(=O)c1ccccc1. The lowest BCUT2D eigenvalue weighted by Crippen LogP contribution is -2.16. The molecule has 0 aliphatic carbocycles. The number of ether oxygens (including phenoxy) is 1. The van der Waals surface area contributed by atoms with E-state index in [9.17, 15) is 4.79 Å². The Morgan fingerprint density at radius 3 is 2.52 bits per heavy atom. The van der Waals surface area contributed by atoms with E-state index in [0.717, 1.165) is 16.2 Å². The van der Waals surface area contributed by atoms with Crippen LogP contribution < -0.4 is 4.74 Å². The Labute approximate surface area is 129 Å². The predicted octanol–water partition coefficient (Wildman–Crippen LogP) is 4.61. The lowest BCUT2D eigenvalue weighted by molar-refractivity contribution is 0.0990. The zero-order valence-corrected chi connectivity index (χ0v) is 12.8. The first-order chi connectivity index (χ1) is 10.3. The maximum Gasteiger partial charge on any atom is 0.176 e. The van der Waals surface area contributed by atoms with Crippen molar-refractivity contribution >= 4 is 17.5 Å². The van der Waals surface area contributed by atoms with E-state index in [1.54, 1.807) is 13.2 Å². The Kier molecular flexibility index (Phi) is 5.64. The Bertz CT molecular complexity index is 608. The Morgan fingerprint density at radius 1 is 1.19 bits per heavy atom. The van der Waals surface area contributed by atoms with Crippen molar-refractivity contribution in [1.82, 2.24) is 0 Å². The van der Waals surface area contributed by atoms with Crippen LogP contribution in [0.25, 0.3) is 0 Å². The van der Waals surface area contributed by atoms with Crippen LogP contribution in [0.5, 0.6) is 5.75 Å². The molecule has 0 bridgehead atoms. The number of hydrogen-bond acceptors (Lipinski definition) is 3. The molecule has 0 aliphatic rings. The van der Waals surface area contributed by atoms with Gasteiger partial charge >= 0.3 is 0 Å². The van der Waals surface area contributed by atoms with E-state index in [4.69, 9.17) is 4.74 Å². The molecule has 0 aromatic heterocycles. The number of Topliss-reactive ketones (excluding diaryl/α,β-unsaturated/α-hetero) is 1. The van der Waals surface area contributed by atoms with Gasteiger partial charge in [-0.1, -0.05) is 48.5 Å². The summed E-state index contributed by atoms with van der Waals surface area (Å²) in [5.74, 6) is 0.906. The molecule has 0 saturated carbocycles. The zero-order chi connectivity index (χ0) is 15.1. The van der Waals surface area contributed by atoms with Gasteiger partial charge < -0.3 is 4.74 Å². The van der Waals surface area contributed by atoms with Crippen LogP contribution in [0.2, 0.25) is 0 Å². The lowest BCUT2D eigenvalue weighted by atomic mass is 10.1. The molecule has 0 spiro atoms. The van der Waals surface area contributed by atoms with Crippen molar-refractivity contribution in [3.05, 3.63) is 72.8 Å². The first-order valence-electron chi connectivity index (χ1n) is 6.76. The summed E-state index contributed by atoms with van der Waals surface area (Å²) in [5, 5.41) is -0.193. The van der Waals surface area contributed by atoms with Crippen LogP contribution in [0.4, 0.5) is 0 Å². The second kappa shape index (κ2) is 7.70. The zero-order valence-electron chi connectivity index (χ0n) is 12.0. The standard InChI is InChI=1S/C18H18O2S/c1-3-9-17(18(19)14-10-5-4-6-11-14)21-16-13-8-7-12-15(16)20-2/h3-8,10-13,17H,1,9H2,2H3. The Hall–Kier alpha value is -2.00. The fourth-order valence-electron chi connectivity index (χ4n) is 2.02. The van der Waals surface area contributed by atoms with Crippen LogP contribution in [0.3, 0.4) is 0 Å². The third-order valence-electron chi connectivity index (χ3n) is 3.07. The average molecular weight is 298 g/mol. The second-order valence-electron chi connectivity index (χ2n) is 4.51. The number of hydrogen-bond donors (Lipinski definition) is 0. The minimum atomic E-state index is -0.193. The third kappa shape index (κ3) is 3.99. The van der Waals surface area contributed by atoms with Crippen LogP contribution in [-0.2, 0) is 0 Å². The van der Waals surface area contributed by atoms with E-state index in [-0.39, 0.29) is 11.0 Å². The highest BCUT2D eigenvalue weighted by molar-refractivity contribution is 8.00. The molecule has 2 aromatic carbocycles. The topological polar surface area (TPSA) is 26.3 Å². The molecule has 0 heterocycles. The van der Waals surface area contributed by atoms with Crippen molar-refractivity contribution in [3.8, 4) is 5.75 Å². The van der Waals surface area contributed by atoms with Crippen molar-refractivity contribution < 1.29 is 9.53 Å². The van der Waals surface area contributed by atoms with Crippen molar-refractivity contribution in [1.29, 1.82) is 0 Å². The fourth-order valence-corrected chi connectivity index (χ4v) is 3.22. The van der Waals surface area contributed by atoms with E-state index in [0.29, 0.717) is 6.42 Å². The largest absolute Gasteiger partial charge is 0.496 e. The number of para-hydroxylation sites is 1. The first kappa shape index (κ1) is 15.4. The van der Waals surface area contributed by atoms with Gasteiger partial charge in [-0.05, 0) is 18.6 Å². The predicted molar refractivity (Wildman–Crippen MR) is 88.2 cm³/mol. The molecule has 2 aromatic rings. The highest BCUT2D eigenvalue weighted by Gasteiger charge is 2.21. The van der Waals surface area contributed by atoms with Gasteiger partial charge in [0.05, 0.1) is 17.3 Å². The van der Waals surface area contributed by atoms with E-state index < -0.39 is 0 Å². The molecule has 0 radical (unpaired) electrons. The quantitative estimate of drug-likeness (QED) is 0.424. The monoisotopic (exact) mass is 298 g/mol. The van der Waals surface area contributed by atoms with Crippen LogP contribution in [-0.4, -0.2) is 18.1 Å².